The third-order valence-electron chi connectivity index (χ3n) is 2.26. The van der Waals surface area contributed by atoms with E-state index in [1.807, 2.05) is 0 Å². The van der Waals surface area contributed by atoms with Gasteiger partial charge >= 0.3 is 0 Å². The molecule has 0 saturated heterocycles. The van der Waals surface area contributed by atoms with Crippen LogP contribution >= 0.6 is 0 Å². The van der Waals surface area contributed by atoms with Crippen LogP contribution in [-0.4, -0.2) is 10.8 Å². The molecule has 0 atom stereocenters. The molecule has 6 heteroatoms. The van der Waals surface area contributed by atoms with Gasteiger partial charge in [0.2, 0.25) is 5.91 Å². The Morgan fingerprint density at radius 2 is 2.06 bits per heavy atom. The maximum absolute atomic E-state index is 13.5. The Bertz CT molecular complexity index is 472. The van der Waals surface area contributed by atoms with Crippen molar-refractivity contribution < 1.29 is 14.1 Å². The van der Waals surface area contributed by atoms with Crippen molar-refractivity contribution in [3.8, 4) is 0 Å². The van der Waals surface area contributed by atoms with E-state index in [4.69, 9.17) is 0 Å². The lowest BCUT2D eigenvalue weighted by atomic mass is 10.1. The fourth-order valence-electron chi connectivity index (χ4n) is 1.23. The van der Waals surface area contributed by atoms with E-state index in [-0.39, 0.29) is 28.8 Å². The van der Waals surface area contributed by atoms with E-state index in [2.05, 4.69) is 5.32 Å². The molecule has 0 aliphatic heterocycles. The first kappa shape index (κ1) is 13.1. The van der Waals surface area contributed by atoms with Crippen LogP contribution in [0, 0.1) is 28.8 Å². The highest BCUT2D eigenvalue weighted by Crippen LogP contribution is 2.25. The molecule has 0 aliphatic rings. The Morgan fingerprint density at radius 3 is 2.53 bits per heavy atom. The fourth-order valence-corrected chi connectivity index (χ4v) is 1.23. The van der Waals surface area contributed by atoms with Crippen LogP contribution in [0.1, 0.15) is 19.4 Å². The zero-order valence-corrected chi connectivity index (χ0v) is 9.78. The molecule has 0 unspecified atom stereocenters. The lowest BCUT2D eigenvalue weighted by molar-refractivity contribution is -0.385. The minimum atomic E-state index is -0.679. The molecule has 92 valence electrons. The van der Waals surface area contributed by atoms with Gasteiger partial charge < -0.3 is 5.32 Å². The van der Waals surface area contributed by atoms with Crippen LogP contribution in [0.15, 0.2) is 12.1 Å². The quantitative estimate of drug-likeness (QED) is 0.652. The van der Waals surface area contributed by atoms with Crippen molar-refractivity contribution in [2.24, 2.45) is 5.92 Å². The maximum Gasteiger partial charge on any atom is 0.274 e. The number of carbonyl (C=O) groups is 1. The summed E-state index contributed by atoms with van der Waals surface area (Å²) >= 11 is 0. The highest BCUT2D eigenvalue weighted by atomic mass is 19.1. The molecule has 0 saturated carbocycles. The van der Waals surface area contributed by atoms with Gasteiger partial charge in [0.15, 0.2) is 0 Å². The first-order valence-electron chi connectivity index (χ1n) is 5.08. The van der Waals surface area contributed by atoms with Gasteiger partial charge in [0.1, 0.15) is 5.82 Å². The number of hydrogen-bond acceptors (Lipinski definition) is 3. The third kappa shape index (κ3) is 2.99. The molecule has 0 aromatic heterocycles. The Labute approximate surface area is 97.8 Å². The van der Waals surface area contributed by atoms with Crippen LogP contribution in [0.4, 0.5) is 15.8 Å². The summed E-state index contributed by atoms with van der Waals surface area (Å²) in [6.45, 7) is 4.74. The smallest absolute Gasteiger partial charge is 0.274 e. The summed E-state index contributed by atoms with van der Waals surface area (Å²) in [4.78, 5) is 21.4. The van der Waals surface area contributed by atoms with Crippen molar-refractivity contribution in [1.29, 1.82) is 0 Å². The van der Waals surface area contributed by atoms with Gasteiger partial charge in [-0.2, -0.15) is 0 Å². The van der Waals surface area contributed by atoms with Crippen LogP contribution in [-0.2, 0) is 4.79 Å². The van der Waals surface area contributed by atoms with Gasteiger partial charge in [0.25, 0.3) is 5.69 Å². The van der Waals surface area contributed by atoms with E-state index in [0.29, 0.717) is 0 Å². The number of anilines is 1. The number of aryl methyl sites for hydroxylation is 1. The number of nitro benzene ring substituents is 1. The van der Waals surface area contributed by atoms with E-state index in [1.165, 1.54) is 6.92 Å². The maximum atomic E-state index is 13.5. The molecule has 1 N–H and O–H groups in total. The average Bonchev–Trinajstić information content (AvgIpc) is 2.21. The lowest BCUT2D eigenvalue weighted by Crippen LogP contribution is -2.18. The summed E-state index contributed by atoms with van der Waals surface area (Å²) in [6, 6.07) is 2.07. The van der Waals surface area contributed by atoms with Crippen molar-refractivity contribution in [1.82, 2.24) is 0 Å². The topological polar surface area (TPSA) is 72.2 Å². The zero-order chi connectivity index (χ0) is 13.2. The van der Waals surface area contributed by atoms with E-state index in [1.54, 1.807) is 13.8 Å². The van der Waals surface area contributed by atoms with E-state index in [0.717, 1.165) is 12.1 Å². The standard InChI is InChI=1S/C11H13FN2O3/c1-6(2)11(15)13-9-5-10(14(16)17)7(3)4-8(9)12/h4-6H,1-3H3,(H,13,15). The van der Waals surface area contributed by atoms with Crippen molar-refractivity contribution in [2.75, 3.05) is 5.32 Å². The lowest BCUT2D eigenvalue weighted by Gasteiger charge is -2.09. The Kier molecular flexibility index (Phi) is 3.77. The zero-order valence-electron chi connectivity index (χ0n) is 9.78. The number of hydrogen-bond donors (Lipinski definition) is 1. The van der Waals surface area contributed by atoms with Crippen molar-refractivity contribution in [3.05, 3.63) is 33.6 Å². The van der Waals surface area contributed by atoms with Gasteiger partial charge in [-0.3, -0.25) is 14.9 Å². The molecule has 0 fully saturated rings. The second kappa shape index (κ2) is 4.90. The molecule has 1 rings (SSSR count). The molecule has 0 bridgehead atoms. The van der Waals surface area contributed by atoms with E-state index < -0.39 is 10.7 Å². The van der Waals surface area contributed by atoms with Gasteiger partial charge in [-0.25, -0.2) is 4.39 Å². The van der Waals surface area contributed by atoms with Gasteiger partial charge in [-0.15, -0.1) is 0 Å². The number of nitro groups is 1. The summed E-state index contributed by atoms with van der Waals surface area (Å²) in [5, 5.41) is 13.0. The summed E-state index contributed by atoms with van der Waals surface area (Å²) < 4.78 is 13.5. The first-order chi connectivity index (χ1) is 7.82. The summed E-state index contributed by atoms with van der Waals surface area (Å²) in [6.07, 6.45) is 0. The summed E-state index contributed by atoms with van der Waals surface area (Å²) in [5.41, 5.74) is -0.165. The number of halogens is 1. The molecule has 0 aliphatic carbocycles. The SMILES string of the molecule is Cc1cc(F)c(NC(=O)C(C)C)cc1[N+](=O)[O-]. The molecule has 5 nitrogen and oxygen atoms in total. The van der Waals surface area contributed by atoms with Crippen LogP contribution in [0.3, 0.4) is 0 Å². The van der Waals surface area contributed by atoms with Crippen LogP contribution < -0.4 is 5.32 Å². The minimum Gasteiger partial charge on any atom is -0.323 e. The van der Waals surface area contributed by atoms with Crippen LogP contribution in [0.2, 0.25) is 0 Å². The number of amides is 1. The van der Waals surface area contributed by atoms with Gasteiger partial charge in [0, 0.05) is 17.5 Å². The Hall–Kier alpha value is -1.98. The normalized spacial score (nSPS) is 10.4. The molecule has 0 heterocycles. The second-order valence-electron chi connectivity index (χ2n) is 4.02. The van der Waals surface area contributed by atoms with Crippen molar-refractivity contribution in [2.45, 2.75) is 20.8 Å². The molecule has 0 radical (unpaired) electrons. The molecule has 0 spiro atoms. The summed E-state index contributed by atoms with van der Waals surface area (Å²) in [5.74, 6) is -1.39. The fraction of sp³-hybridized carbons (Fsp3) is 0.364. The number of rotatable bonds is 3. The predicted molar refractivity (Wildman–Crippen MR) is 61.3 cm³/mol. The average molecular weight is 240 g/mol. The molecular weight excluding hydrogens is 227 g/mol. The predicted octanol–water partition coefficient (Wildman–Crippen LogP) is 2.64. The van der Waals surface area contributed by atoms with Gasteiger partial charge in [0.05, 0.1) is 10.6 Å². The van der Waals surface area contributed by atoms with Crippen molar-refractivity contribution >= 4 is 17.3 Å². The molecule has 17 heavy (non-hydrogen) atoms. The first-order valence-corrected chi connectivity index (χ1v) is 5.08. The number of benzene rings is 1. The molecule has 1 aromatic carbocycles. The van der Waals surface area contributed by atoms with Gasteiger partial charge in [-0.05, 0) is 13.0 Å². The number of nitrogens with one attached hydrogen (secondary N) is 1. The van der Waals surface area contributed by atoms with Crippen LogP contribution in [0.5, 0.6) is 0 Å². The van der Waals surface area contributed by atoms with Crippen LogP contribution in [0.25, 0.3) is 0 Å². The molecule has 1 amide bonds. The largest absolute Gasteiger partial charge is 0.323 e. The third-order valence-corrected chi connectivity index (χ3v) is 2.26. The van der Waals surface area contributed by atoms with Gasteiger partial charge in [-0.1, -0.05) is 13.8 Å². The Morgan fingerprint density at radius 1 is 1.47 bits per heavy atom. The molecular formula is C11H13FN2O3. The van der Waals surface area contributed by atoms with Crippen molar-refractivity contribution in [3.63, 3.8) is 0 Å². The van der Waals surface area contributed by atoms with E-state index >= 15 is 0 Å². The number of nitrogens with zero attached hydrogens (tertiary/aromatic N) is 1. The van der Waals surface area contributed by atoms with E-state index in [9.17, 15) is 19.3 Å². The minimum absolute atomic E-state index is 0.166. The monoisotopic (exact) mass is 240 g/mol. The highest BCUT2D eigenvalue weighted by Gasteiger charge is 2.17. The number of carbonyl (C=O) groups excluding carboxylic acids is 1. The summed E-state index contributed by atoms with van der Waals surface area (Å²) in [7, 11) is 0. The second-order valence-corrected chi connectivity index (χ2v) is 4.02. The molecule has 1 aromatic rings. The highest BCUT2D eigenvalue weighted by molar-refractivity contribution is 5.92. The Balaban J connectivity index is 3.12.